The summed E-state index contributed by atoms with van der Waals surface area (Å²) in [6.07, 6.45) is 12.5. The smallest absolute Gasteiger partial charge is 0.201 e. The first-order chi connectivity index (χ1) is 17.5. The average molecular weight is 491 g/mol. The maximum Gasteiger partial charge on any atom is 0.201 e. The van der Waals surface area contributed by atoms with E-state index in [1.807, 2.05) is 26.0 Å². The Morgan fingerprint density at radius 2 is 1.61 bits per heavy atom. The standard InChI is InChI=1S/C32H33F3O/c1-3-5-6-7-22-8-10-24(11-9-22)27-17-16-26(21-29(27)33)23-12-14-25(15-13-23)28-18-19-30(36-20-4-2)32(35)31(28)34/h3,5,10,12-19,21-22H,4,6-9,11,20H2,1-2H3/b5-3+. The number of benzene rings is 3. The molecular weight excluding hydrogens is 457 g/mol. The highest BCUT2D eigenvalue weighted by Gasteiger charge is 2.18. The van der Waals surface area contributed by atoms with Crippen LogP contribution in [0.15, 0.2) is 72.8 Å². The lowest BCUT2D eigenvalue weighted by Crippen LogP contribution is -2.06. The summed E-state index contributed by atoms with van der Waals surface area (Å²) in [5.41, 5.74) is 4.03. The van der Waals surface area contributed by atoms with Crippen LogP contribution in [0.1, 0.15) is 57.9 Å². The highest BCUT2D eigenvalue weighted by atomic mass is 19.2. The van der Waals surface area contributed by atoms with Crippen LogP contribution >= 0.6 is 0 Å². The van der Waals surface area contributed by atoms with Crippen molar-refractivity contribution in [3.05, 3.63) is 95.8 Å². The van der Waals surface area contributed by atoms with Crippen LogP contribution in [0.5, 0.6) is 5.75 Å². The summed E-state index contributed by atoms with van der Waals surface area (Å²) < 4.78 is 49.4. The molecule has 36 heavy (non-hydrogen) atoms. The molecule has 1 atom stereocenters. The van der Waals surface area contributed by atoms with Crippen LogP contribution in [0.3, 0.4) is 0 Å². The molecule has 1 aliphatic carbocycles. The van der Waals surface area contributed by atoms with E-state index in [1.165, 1.54) is 18.6 Å². The summed E-state index contributed by atoms with van der Waals surface area (Å²) >= 11 is 0. The van der Waals surface area contributed by atoms with Gasteiger partial charge in [-0.25, -0.2) is 8.78 Å². The van der Waals surface area contributed by atoms with Gasteiger partial charge in [-0.15, -0.1) is 0 Å². The van der Waals surface area contributed by atoms with Crippen LogP contribution < -0.4 is 4.74 Å². The van der Waals surface area contributed by atoms with Crippen LogP contribution in [0.25, 0.3) is 27.8 Å². The minimum atomic E-state index is -0.983. The van der Waals surface area contributed by atoms with Crippen LogP contribution in [0, 0.1) is 23.4 Å². The van der Waals surface area contributed by atoms with Gasteiger partial charge in [-0.05, 0) is 91.8 Å². The second kappa shape index (κ2) is 12.1. The second-order valence-corrected chi connectivity index (χ2v) is 9.38. The second-order valence-electron chi connectivity index (χ2n) is 9.38. The summed E-state index contributed by atoms with van der Waals surface area (Å²) in [6, 6.07) is 15.4. The first kappa shape index (κ1) is 25.8. The zero-order chi connectivity index (χ0) is 25.5. The van der Waals surface area contributed by atoms with Gasteiger partial charge < -0.3 is 4.74 Å². The van der Waals surface area contributed by atoms with Crippen molar-refractivity contribution in [2.75, 3.05) is 6.61 Å². The Morgan fingerprint density at radius 3 is 2.28 bits per heavy atom. The predicted molar refractivity (Wildman–Crippen MR) is 142 cm³/mol. The molecule has 4 heteroatoms. The van der Waals surface area contributed by atoms with Gasteiger partial charge in [0.05, 0.1) is 6.61 Å². The molecule has 0 saturated heterocycles. The molecule has 188 valence electrons. The Labute approximate surface area is 212 Å². The fraction of sp³-hybridized carbons (Fsp3) is 0.312. The fourth-order valence-corrected chi connectivity index (χ4v) is 4.77. The molecule has 0 saturated carbocycles. The molecule has 0 fully saturated rings. The van der Waals surface area contributed by atoms with Crippen molar-refractivity contribution in [2.24, 2.45) is 5.92 Å². The Hall–Kier alpha value is -3.27. The van der Waals surface area contributed by atoms with E-state index in [0.29, 0.717) is 30.1 Å². The van der Waals surface area contributed by atoms with Gasteiger partial charge in [-0.1, -0.05) is 61.5 Å². The third kappa shape index (κ3) is 5.92. The van der Waals surface area contributed by atoms with Crippen molar-refractivity contribution in [1.29, 1.82) is 0 Å². The van der Waals surface area contributed by atoms with Crippen LogP contribution in [0.4, 0.5) is 13.2 Å². The number of hydrogen-bond donors (Lipinski definition) is 0. The van der Waals surface area contributed by atoms with Crippen molar-refractivity contribution in [2.45, 2.75) is 52.4 Å². The molecule has 0 N–H and O–H groups in total. The van der Waals surface area contributed by atoms with Crippen molar-refractivity contribution < 1.29 is 17.9 Å². The van der Waals surface area contributed by atoms with Crippen LogP contribution in [-0.2, 0) is 0 Å². The molecular formula is C32H33F3O. The summed E-state index contributed by atoms with van der Waals surface area (Å²) in [5, 5.41) is 0. The Kier molecular flexibility index (Phi) is 8.69. The van der Waals surface area contributed by atoms with Crippen LogP contribution in [0.2, 0.25) is 0 Å². The molecule has 0 spiro atoms. The number of halogens is 3. The Balaban J connectivity index is 1.48. The molecule has 1 aliphatic rings. The van der Waals surface area contributed by atoms with E-state index in [-0.39, 0.29) is 17.1 Å². The third-order valence-corrected chi connectivity index (χ3v) is 6.85. The van der Waals surface area contributed by atoms with Crippen molar-refractivity contribution >= 4 is 5.57 Å². The van der Waals surface area contributed by atoms with Gasteiger partial charge in [0.15, 0.2) is 11.6 Å². The number of hydrogen-bond acceptors (Lipinski definition) is 1. The van der Waals surface area contributed by atoms with E-state index in [4.69, 9.17) is 4.74 Å². The van der Waals surface area contributed by atoms with Gasteiger partial charge in [0.2, 0.25) is 5.82 Å². The maximum atomic E-state index is 15.1. The van der Waals surface area contributed by atoms with Crippen LogP contribution in [-0.4, -0.2) is 6.61 Å². The monoisotopic (exact) mass is 490 g/mol. The predicted octanol–water partition coefficient (Wildman–Crippen LogP) is 9.77. The van der Waals surface area contributed by atoms with Crippen molar-refractivity contribution in [1.82, 2.24) is 0 Å². The van der Waals surface area contributed by atoms with E-state index in [1.54, 1.807) is 30.3 Å². The maximum absolute atomic E-state index is 15.1. The molecule has 4 rings (SSSR count). The SMILES string of the molecule is C/C=C/CCC1CC=C(c2ccc(-c3ccc(-c4ccc(OCCC)c(F)c4F)cc3)cc2F)CC1. The third-order valence-electron chi connectivity index (χ3n) is 6.85. The highest BCUT2D eigenvalue weighted by Crippen LogP contribution is 2.36. The number of rotatable bonds is 9. The largest absolute Gasteiger partial charge is 0.490 e. The molecule has 0 amide bonds. The minimum Gasteiger partial charge on any atom is -0.490 e. The first-order valence-electron chi connectivity index (χ1n) is 12.8. The topological polar surface area (TPSA) is 9.23 Å². The Bertz CT molecular complexity index is 1240. The van der Waals surface area contributed by atoms with Gasteiger partial charge in [0.25, 0.3) is 0 Å². The van der Waals surface area contributed by atoms with Gasteiger partial charge in [-0.2, -0.15) is 4.39 Å². The van der Waals surface area contributed by atoms with E-state index < -0.39 is 11.6 Å². The molecule has 0 radical (unpaired) electrons. The van der Waals surface area contributed by atoms with Crippen molar-refractivity contribution in [3.63, 3.8) is 0 Å². The quantitative estimate of drug-likeness (QED) is 0.271. The molecule has 3 aromatic rings. The van der Waals surface area contributed by atoms with Crippen molar-refractivity contribution in [3.8, 4) is 28.0 Å². The summed E-state index contributed by atoms with van der Waals surface area (Å²) in [4.78, 5) is 0. The van der Waals surface area contributed by atoms with Gasteiger partial charge >= 0.3 is 0 Å². The highest BCUT2D eigenvalue weighted by molar-refractivity contribution is 5.74. The average Bonchev–Trinajstić information content (AvgIpc) is 2.90. The first-order valence-corrected chi connectivity index (χ1v) is 12.8. The van der Waals surface area contributed by atoms with Gasteiger partial charge in [0.1, 0.15) is 5.82 Å². The normalized spacial score (nSPS) is 15.8. The van der Waals surface area contributed by atoms with Gasteiger partial charge in [0, 0.05) is 11.1 Å². The van der Waals surface area contributed by atoms with Gasteiger partial charge in [-0.3, -0.25) is 0 Å². The number of ether oxygens (including phenoxy) is 1. The zero-order valence-electron chi connectivity index (χ0n) is 21.0. The lowest BCUT2D eigenvalue weighted by molar-refractivity contribution is 0.295. The lowest BCUT2D eigenvalue weighted by Gasteiger charge is -2.22. The van der Waals surface area contributed by atoms with E-state index in [9.17, 15) is 8.78 Å². The van der Waals surface area contributed by atoms with E-state index in [0.717, 1.165) is 42.4 Å². The summed E-state index contributed by atoms with van der Waals surface area (Å²) in [7, 11) is 0. The zero-order valence-corrected chi connectivity index (χ0v) is 21.0. The van der Waals surface area contributed by atoms with E-state index in [2.05, 4.69) is 18.2 Å². The molecule has 0 aromatic heterocycles. The minimum absolute atomic E-state index is 0.0810. The molecule has 1 unspecified atom stereocenters. The Morgan fingerprint density at radius 1 is 0.889 bits per heavy atom. The summed E-state index contributed by atoms with van der Waals surface area (Å²) in [5.74, 6) is -1.56. The molecule has 1 nitrogen and oxygen atoms in total. The fourth-order valence-electron chi connectivity index (χ4n) is 4.77. The van der Waals surface area contributed by atoms with E-state index >= 15 is 4.39 Å². The molecule has 0 bridgehead atoms. The molecule has 3 aromatic carbocycles. The number of allylic oxidation sites excluding steroid dienone is 4. The molecule has 0 aliphatic heterocycles. The molecule has 0 heterocycles. The lowest BCUT2D eigenvalue weighted by atomic mass is 9.84. The summed E-state index contributed by atoms with van der Waals surface area (Å²) in [6.45, 7) is 4.28.